The molecule has 2 aromatic carbocycles. The van der Waals surface area contributed by atoms with Crippen LogP contribution < -0.4 is 4.74 Å². The molecule has 2 N–H and O–H groups in total. The number of aliphatic hydroxyl groups excluding tert-OH is 1. The maximum Gasteiger partial charge on any atom is 0.256 e. The molecule has 1 saturated heterocycles. The number of aromatic nitrogens is 2. The van der Waals surface area contributed by atoms with Crippen molar-refractivity contribution in [1.82, 2.24) is 14.9 Å². The van der Waals surface area contributed by atoms with Gasteiger partial charge >= 0.3 is 0 Å². The van der Waals surface area contributed by atoms with E-state index in [1.807, 2.05) is 36.4 Å². The van der Waals surface area contributed by atoms with Crippen molar-refractivity contribution in [3.8, 4) is 5.75 Å². The third kappa shape index (κ3) is 2.74. The first kappa shape index (κ1) is 15.7. The average Bonchev–Trinajstić information content (AvgIpc) is 3.27. The number of hydrogen-bond acceptors (Lipinski definition) is 4. The number of nitrogens with one attached hydrogen (secondary N) is 1. The van der Waals surface area contributed by atoms with E-state index in [1.165, 1.54) is 0 Å². The fourth-order valence-electron chi connectivity index (χ4n) is 3.50. The summed E-state index contributed by atoms with van der Waals surface area (Å²) in [4.78, 5) is 22.2. The number of hydrogen-bond donors (Lipinski definition) is 2. The standard InChI is InChI=1S/C19H19N3O3/c1-25-14-5-2-4-12(8-14)17-9-13(23)10-22(17)19(24)15-6-3-7-16-18(15)21-11-20-16/h2-8,11,13,17,23H,9-10H2,1H3,(H,20,21). The van der Waals surface area contributed by atoms with Crippen LogP contribution in [0, 0.1) is 0 Å². The van der Waals surface area contributed by atoms with Gasteiger partial charge in [0.2, 0.25) is 0 Å². The van der Waals surface area contributed by atoms with Crippen molar-refractivity contribution in [3.63, 3.8) is 0 Å². The average molecular weight is 337 g/mol. The normalized spacial score (nSPS) is 20.2. The van der Waals surface area contributed by atoms with Crippen molar-refractivity contribution < 1.29 is 14.6 Å². The van der Waals surface area contributed by atoms with Gasteiger partial charge in [-0.2, -0.15) is 0 Å². The van der Waals surface area contributed by atoms with Gasteiger partial charge in [-0.15, -0.1) is 0 Å². The Morgan fingerprint density at radius 1 is 1.32 bits per heavy atom. The van der Waals surface area contributed by atoms with Crippen LogP contribution in [0.25, 0.3) is 11.0 Å². The molecule has 2 unspecified atom stereocenters. The fourth-order valence-corrected chi connectivity index (χ4v) is 3.50. The minimum absolute atomic E-state index is 0.123. The first-order valence-corrected chi connectivity index (χ1v) is 8.22. The molecule has 0 saturated carbocycles. The van der Waals surface area contributed by atoms with Crippen LogP contribution in [-0.2, 0) is 0 Å². The van der Waals surface area contributed by atoms with Crippen molar-refractivity contribution in [2.24, 2.45) is 0 Å². The number of aromatic amines is 1. The number of amides is 1. The lowest BCUT2D eigenvalue weighted by molar-refractivity contribution is 0.0717. The highest BCUT2D eigenvalue weighted by atomic mass is 16.5. The topological polar surface area (TPSA) is 78.5 Å². The number of likely N-dealkylation sites (tertiary alicyclic amines) is 1. The fraction of sp³-hybridized carbons (Fsp3) is 0.263. The third-order valence-corrected chi connectivity index (χ3v) is 4.70. The second-order valence-electron chi connectivity index (χ2n) is 6.24. The molecule has 1 aliphatic rings. The summed E-state index contributed by atoms with van der Waals surface area (Å²) in [7, 11) is 1.61. The van der Waals surface area contributed by atoms with Gasteiger partial charge in [-0.05, 0) is 36.2 Å². The van der Waals surface area contributed by atoms with Gasteiger partial charge in [0.05, 0.1) is 36.7 Å². The number of nitrogens with zero attached hydrogens (tertiary/aromatic N) is 2. The number of methoxy groups -OCH3 is 1. The minimum Gasteiger partial charge on any atom is -0.497 e. The molecule has 1 aliphatic heterocycles. The molecule has 6 heteroatoms. The predicted octanol–water partition coefficient (Wildman–Crippen LogP) is 2.52. The molecule has 2 heterocycles. The summed E-state index contributed by atoms with van der Waals surface area (Å²) in [6.07, 6.45) is 1.55. The number of β-amino-alcohol motifs (C(OH)–C–C–N with tert-alkyl or cyclic N) is 1. The quantitative estimate of drug-likeness (QED) is 0.770. The van der Waals surface area contributed by atoms with E-state index in [0.717, 1.165) is 16.8 Å². The van der Waals surface area contributed by atoms with Crippen molar-refractivity contribution in [2.75, 3.05) is 13.7 Å². The van der Waals surface area contributed by atoms with E-state index in [-0.39, 0.29) is 11.9 Å². The molecular weight excluding hydrogens is 318 g/mol. The number of para-hydroxylation sites is 1. The van der Waals surface area contributed by atoms with Gasteiger partial charge in [0.25, 0.3) is 5.91 Å². The van der Waals surface area contributed by atoms with Gasteiger partial charge < -0.3 is 19.7 Å². The van der Waals surface area contributed by atoms with Crippen molar-refractivity contribution >= 4 is 16.9 Å². The molecule has 0 aliphatic carbocycles. The molecule has 3 aromatic rings. The van der Waals surface area contributed by atoms with E-state index < -0.39 is 6.10 Å². The van der Waals surface area contributed by atoms with Crippen LogP contribution in [0.5, 0.6) is 5.75 Å². The number of ether oxygens (including phenoxy) is 1. The Morgan fingerprint density at radius 2 is 2.16 bits per heavy atom. The molecule has 1 amide bonds. The van der Waals surface area contributed by atoms with Crippen LogP contribution in [0.4, 0.5) is 0 Å². The summed E-state index contributed by atoms with van der Waals surface area (Å²) >= 11 is 0. The largest absolute Gasteiger partial charge is 0.497 e. The number of benzene rings is 2. The Balaban J connectivity index is 1.72. The summed E-state index contributed by atoms with van der Waals surface area (Å²) in [5, 5.41) is 10.2. The summed E-state index contributed by atoms with van der Waals surface area (Å²) in [6.45, 7) is 0.307. The predicted molar refractivity (Wildman–Crippen MR) is 93.5 cm³/mol. The van der Waals surface area contributed by atoms with E-state index in [2.05, 4.69) is 9.97 Å². The molecular formula is C19H19N3O3. The number of imidazole rings is 1. The van der Waals surface area contributed by atoms with Crippen molar-refractivity contribution in [1.29, 1.82) is 0 Å². The van der Waals surface area contributed by atoms with Gasteiger partial charge in [-0.3, -0.25) is 4.79 Å². The zero-order valence-electron chi connectivity index (χ0n) is 13.8. The van der Waals surface area contributed by atoms with Crippen LogP contribution in [0.1, 0.15) is 28.4 Å². The highest BCUT2D eigenvalue weighted by Gasteiger charge is 2.36. The number of carbonyl (C=O) groups excluding carboxylic acids is 1. The number of carbonyl (C=O) groups is 1. The van der Waals surface area contributed by atoms with E-state index in [9.17, 15) is 9.90 Å². The summed E-state index contributed by atoms with van der Waals surface area (Å²) < 4.78 is 5.29. The Bertz CT molecular complexity index is 921. The van der Waals surface area contributed by atoms with Gasteiger partial charge in [0.15, 0.2) is 0 Å². The smallest absolute Gasteiger partial charge is 0.256 e. The zero-order valence-corrected chi connectivity index (χ0v) is 13.8. The first-order valence-electron chi connectivity index (χ1n) is 8.22. The lowest BCUT2D eigenvalue weighted by Gasteiger charge is -2.25. The molecule has 4 rings (SSSR count). The highest BCUT2D eigenvalue weighted by molar-refractivity contribution is 6.05. The van der Waals surface area contributed by atoms with Gasteiger partial charge in [0, 0.05) is 6.54 Å². The molecule has 6 nitrogen and oxygen atoms in total. The van der Waals surface area contributed by atoms with E-state index in [4.69, 9.17) is 4.74 Å². The van der Waals surface area contributed by atoms with Gasteiger partial charge in [-0.25, -0.2) is 4.98 Å². The van der Waals surface area contributed by atoms with Gasteiger partial charge in [-0.1, -0.05) is 18.2 Å². The number of aliphatic hydroxyl groups is 1. The molecule has 2 atom stereocenters. The maximum absolute atomic E-state index is 13.2. The third-order valence-electron chi connectivity index (χ3n) is 4.70. The lowest BCUT2D eigenvalue weighted by Crippen LogP contribution is -2.32. The first-order chi connectivity index (χ1) is 12.2. The van der Waals surface area contributed by atoms with Crippen LogP contribution in [0.3, 0.4) is 0 Å². The number of H-pyrrole nitrogens is 1. The van der Waals surface area contributed by atoms with Crippen molar-refractivity contribution in [2.45, 2.75) is 18.6 Å². The molecule has 0 radical (unpaired) electrons. The second-order valence-corrected chi connectivity index (χ2v) is 6.24. The van der Waals surface area contributed by atoms with E-state index in [1.54, 1.807) is 24.4 Å². The van der Waals surface area contributed by atoms with Crippen LogP contribution in [0.2, 0.25) is 0 Å². The Labute approximate surface area is 145 Å². The summed E-state index contributed by atoms with van der Waals surface area (Å²) in [5.74, 6) is 0.614. The number of rotatable bonds is 3. The highest BCUT2D eigenvalue weighted by Crippen LogP contribution is 2.35. The zero-order chi connectivity index (χ0) is 17.4. The molecule has 1 fully saturated rings. The SMILES string of the molecule is COc1cccc(C2CC(O)CN2C(=O)c2cccc3[nH]cnc23)c1. The van der Waals surface area contributed by atoms with Crippen LogP contribution in [0.15, 0.2) is 48.8 Å². The molecule has 0 bridgehead atoms. The van der Waals surface area contributed by atoms with E-state index >= 15 is 0 Å². The maximum atomic E-state index is 13.2. The molecule has 0 spiro atoms. The molecule has 25 heavy (non-hydrogen) atoms. The Hall–Kier alpha value is -2.86. The lowest BCUT2D eigenvalue weighted by atomic mass is 10.0. The Kier molecular flexibility index (Phi) is 3.89. The molecule has 128 valence electrons. The second kappa shape index (κ2) is 6.22. The monoisotopic (exact) mass is 337 g/mol. The number of fused-ring (bicyclic) bond motifs is 1. The molecule has 1 aromatic heterocycles. The minimum atomic E-state index is -0.543. The summed E-state index contributed by atoms with van der Waals surface area (Å²) in [5.41, 5.74) is 2.97. The van der Waals surface area contributed by atoms with Crippen LogP contribution in [-0.4, -0.2) is 45.6 Å². The van der Waals surface area contributed by atoms with Crippen molar-refractivity contribution in [3.05, 3.63) is 59.9 Å². The summed E-state index contributed by atoms with van der Waals surface area (Å²) in [6, 6.07) is 12.9. The van der Waals surface area contributed by atoms with Gasteiger partial charge in [0.1, 0.15) is 11.3 Å². The van der Waals surface area contributed by atoms with Crippen LogP contribution >= 0.6 is 0 Å². The Morgan fingerprint density at radius 3 is 3.00 bits per heavy atom. The van der Waals surface area contributed by atoms with E-state index in [0.29, 0.717) is 24.0 Å².